The lowest BCUT2D eigenvalue weighted by atomic mass is 9.97. The Morgan fingerprint density at radius 1 is 1.00 bits per heavy atom. The summed E-state index contributed by atoms with van der Waals surface area (Å²) in [6, 6.07) is 6.40. The van der Waals surface area contributed by atoms with E-state index < -0.39 is 41.2 Å². The van der Waals surface area contributed by atoms with Gasteiger partial charge in [-0.25, -0.2) is 9.59 Å². The minimum absolute atomic E-state index is 0.268. The summed E-state index contributed by atoms with van der Waals surface area (Å²) in [6.07, 6.45) is -2.82. The molecule has 0 saturated carbocycles. The predicted molar refractivity (Wildman–Crippen MR) is 109 cm³/mol. The molecular weight excluding hydrogens is 390 g/mol. The van der Waals surface area contributed by atoms with Crippen LogP contribution in [0, 0.1) is 0 Å². The number of fused-ring (bicyclic) bond motifs is 1. The number of benzene rings is 1. The molecule has 2 rings (SSSR count). The molecule has 0 aliphatic carbocycles. The molecule has 0 bridgehead atoms. The first kappa shape index (κ1) is 23.2. The summed E-state index contributed by atoms with van der Waals surface area (Å²) >= 11 is 0. The number of imide groups is 1. The van der Waals surface area contributed by atoms with Crippen molar-refractivity contribution in [3.05, 3.63) is 35.4 Å². The predicted octanol–water partition coefficient (Wildman–Crippen LogP) is 2.78. The molecule has 0 unspecified atom stereocenters. The first-order chi connectivity index (χ1) is 13.7. The minimum atomic E-state index is -1.10. The van der Waals surface area contributed by atoms with Gasteiger partial charge in [0.2, 0.25) is 0 Å². The smallest absolute Gasteiger partial charge is 0.410 e. The van der Waals surface area contributed by atoms with Crippen LogP contribution in [0.4, 0.5) is 9.59 Å². The van der Waals surface area contributed by atoms with Gasteiger partial charge in [-0.3, -0.25) is 19.4 Å². The van der Waals surface area contributed by atoms with Crippen LogP contribution < -0.4 is 5.73 Å². The van der Waals surface area contributed by atoms with Crippen molar-refractivity contribution >= 4 is 24.0 Å². The van der Waals surface area contributed by atoms with Crippen LogP contribution in [0.5, 0.6) is 0 Å². The van der Waals surface area contributed by atoms with E-state index in [1.807, 2.05) is 41.5 Å². The Morgan fingerprint density at radius 3 is 1.87 bits per heavy atom. The van der Waals surface area contributed by atoms with Crippen molar-refractivity contribution in [3.63, 3.8) is 0 Å². The van der Waals surface area contributed by atoms with Crippen LogP contribution in [0.2, 0.25) is 0 Å². The van der Waals surface area contributed by atoms with Crippen molar-refractivity contribution in [3.8, 4) is 0 Å². The number of ether oxygens (including phenoxy) is 2. The maximum atomic E-state index is 12.8. The lowest BCUT2D eigenvalue weighted by Crippen LogP contribution is -2.56. The molecule has 1 atom stereocenters. The van der Waals surface area contributed by atoms with Crippen LogP contribution in [0.3, 0.4) is 0 Å². The average Bonchev–Trinajstić information content (AvgIpc) is 2.82. The number of carbonyl (C=O) groups excluding carboxylic acids is 4. The highest BCUT2D eigenvalue weighted by Crippen LogP contribution is 2.26. The summed E-state index contributed by atoms with van der Waals surface area (Å²) in [5.41, 5.74) is 4.60. The summed E-state index contributed by atoms with van der Waals surface area (Å²) in [4.78, 5) is 51.7. The fourth-order valence-electron chi connectivity index (χ4n) is 3.68. The molecule has 0 aromatic heterocycles. The van der Waals surface area contributed by atoms with Crippen LogP contribution in [0.15, 0.2) is 24.3 Å². The van der Waals surface area contributed by atoms with Crippen molar-refractivity contribution in [2.75, 3.05) is 13.2 Å². The molecule has 1 aromatic carbocycles. The van der Waals surface area contributed by atoms with Gasteiger partial charge in [-0.05, 0) is 53.7 Å². The Hall–Kier alpha value is -3.10. The molecule has 9 nitrogen and oxygen atoms in total. The van der Waals surface area contributed by atoms with Crippen molar-refractivity contribution in [2.24, 2.45) is 5.73 Å². The standard InChI is InChI=1S/C21H29N3O6/c1-20(2,3)24(21(4,5)6)19(28)29-12-13(30-18(22)27)11-23-16(25)14-9-7-8-10-15(14)17(23)26/h7-10,13H,11-12H2,1-6H3,(H2,22,27)/t13-/m0/s1. The molecule has 9 heteroatoms. The van der Waals surface area contributed by atoms with Crippen LogP contribution in [-0.4, -0.2) is 64.1 Å². The number of amides is 4. The molecule has 164 valence electrons. The third-order valence-corrected chi connectivity index (χ3v) is 4.46. The molecular formula is C21H29N3O6. The normalized spacial score (nSPS) is 14.9. The molecule has 0 radical (unpaired) electrons. The zero-order valence-electron chi connectivity index (χ0n) is 18.2. The number of nitrogens with zero attached hydrogens (tertiary/aromatic N) is 2. The van der Waals surface area contributed by atoms with E-state index in [1.54, 1.807) is 29.2 Å². The molecule has 4 amide bonds. The van der Waals surface area contributed by atoms with Crippen LogP contribution in [0.1, 0.15) is 62.3 Å². The number of nitrogens with two attached hydrogens (primary N) is 1. The van der Waals surface area contributed by atoms with E-state index in [4.69, 9.17) is 15.2 Å². The van der Waals surface area contributed by atoms with Gasteiger partial charge in [0.15, 0.2) is 6.10 Å². The van der Waals surface area contributed by atoms with Gasteiger partial charge in [0, 0.05) is 11.1 Å². The number of rotatable bonds is 5. The summed E-state index contributed by atoms with van der Waals surface area (Å²) < 4.78 is 10.4. The summed E-state index contributed by atoms with van der Waals surface area (Å²) in [5.74, 6) is -1.02. The molecule has 1 aliphatic heterocycles. The van der Waals surface area contributed by atoms with Gasteiger partial charge in [-0.2, -0.15) is 0 Å². The van der Waals surface area contributed by atoms with E-state index in [0.717, 1.165) is 4.90 Å². The number of hydrogen-bond donors (Lipinski definition) is 1. The second kappa shape index (κ2) is 8.33. The third-order valence-electron chi connectivity index (χ3n) is 4.46. The fraction of sp³-hybridized carbons (Fsp3) is 0.524. The highest BCUT2D eigenvalue weighted by atomic mass is 16.6. The minimum Gasteiger partial charge on any atom is -0.445 e. The Balaban J connectivity index is 2.14. The van der Waals surface area contributed by atoms with Crippen molar-refractivity contribution in [2.45, 2.75) is 58.7 Å². The number of primary amides is 1. The van der Waals surface area contributed by atoms with Gasteiger partial charge in [-0.15, -0.1) is 0 Å². The Bertz CT molecular complexity index is 804. The van der Waals surface area contributed by atoms with Gasteiger partial charge in [0.25, 0.3) is 11.8 Å². The van der Waals surface area contributed by atoms with E-state index in [9.17, 15) is 19.2 Å². The highest BCUT2D eigenvalue weighted by molar-refractivity contribution is 6.21. The lowest BCUT2D eigenvalue weighted by molar-refractivity contribution is -0.00895. The zero-order valence-corrected chi connectivity index (χ0v) is 18.2. The van der Waals surface area contributed by atoms with Crippen LogP contribution in [-0.2, 0) is 9.47 Å². The summed E-state index contributed by atoms with van der Waals surface area (Å²) in [7, 11) is 0. The number of hydrogen-bond acceptors (Lipinski definition) is 6. The maximum Gasteiger partial charge on any atom is 0.410 e. The molecule has 30 heavy (non-hydrogen) atoms. The third kappa shape index (κ3) is 5.08. The fourth-order valence-corrected chi connectivity index (χ4v) is 3.68. The first-order valence-corrected chi connectivity index (χ1v) is 9.62. The highest BCUT2D eigenvalue weighted by Gasteiger charge is 2.39. The largest absolute Gasteiger partial charge is 0.445 e. The van der Waals surface area contributed by atoms with Crippen molar-refractivity contribution in [1.29, 1.82) is 0 Å². The van der Waals surface area contributed by atoms with E-state index in [-0.39, 0.29) is 24.3 Å². The Labute approximate surface area is 176 Å². The van der Waals surface area contributed by atoms with Crippen LogP contribution >= 0.6 is 0 Å². The van der Waals surface area contributed by atoms with Gasteiger partial charge in [-0.1, -0.05) is 12.1 Å². The van der Waals surface area contributed by atoms with Crippen molar-refractivity contribution in [1.82, 2.24) is 9.80 Å². The van der Waals surface area contributed by atoms with E-state index in [2.05, 4.69) is 0 Å². The molecule has 2 N–H and O–H groups in total. The molecule has 1 heterocycles. The Kier molecular flexibility index (Phi) is 6.44. The second-order valence-electron chi connectivity index (χ2n) is 9.08. The molecule has 0 spiro atoms. The maximum absolute atomic E-state index is 12.8. The molecule has 1 aromatic rings. The topological polar surface area (TPSA) is 119 Å². The zero-order chi connectivity index (χ0) is 22.9. The molecule has 0 fully saturated rings. The summed E-state index contributed by atoms with van der Waals surface area (Å²) in [5, 5.41) is 0. The van der Waals surface area contributed by atoms with E-state index in [1.165, 1.54) is 0 Å². The molecule has 1 aliphatic rings. The van der Waals surface area contributed by atoms with Gasteiger partial charge >= 0.3 is 12.2 Å². The molecule has 0 saturated heterocycles. The van der Waals surface area contributed by atoms with Gasteiger partial charge in [0.1, 0.15) is 6.61 Å². The quantitative estimate of drug-likeness (QED) is 0.733. The van der Waals surface area contributed by atoms with Gasteiger partial charge in [0.05, 0.1) is 17.7 Å². The SMILES string of the molecule is CC(C)(C)N(C(=O)OC[C@H](CN1C(=O)c2ccccc2C1=O)OC(N)=O)C(C)(C)C. The average molecular weight is 419 g/mol. The first-order valence-electron chi connectivity index (χ1n) is 9.62. The number of carbonyl (C=O) groups is 4. The van der Waals surface area contributed by atoms with Crippen LogP contribution in [0.25, 0.3) is 0 Å². The summed E-state index contributed by atoms with van der Waals surface area (Å²) in [6.45, 7) is 10.6. The van der Waals surface area contributed by atoms with Gasteiger partial charge < -0.3 is 15.2 Å². The van der Waals surface area contributed by atoms with E-state index in [0.29, 0.717) is 0 Å². The lowest BCUT2D eigenvalue weighted by Gasteiger charge is -2.44. The monoisotopic (exact) mass is 419 g/mol. The Morgan fingerprint density at radius 2 is 1.47 bits per heavy atom. The van der Waals surface area contributed by atoms with E-state index >= 15 is 0 Å². The van der Waals surface area contributed by atoms with Crippen molar-refractivity contribution < 1.29 is 28.7 Å². The second-order valence-corrected chi connectivity index (χ2v) is 9.08.